The number of carbonyl (C=O) groups excluding carboxylic acids is 1. The Morgan fingerprint density at radius 1 is 1.03 bits per heavy atom. The third kappa shape index (κ3) is 4.27. The molecule has 1 N–H and O–H groups in total. The van der Waals surface area contributed by atoms with Gasteiger partial charge < -0.3 is 9.88 Å². The van der Waals surface area contributed by atoms with Gasteiger partial charge in [-0.25, -0.2) is 9.07 Å². The molecule has 2 aromatic heterocycles. The number of carbonyl (C=O) groups is 1. The van der Waals surface area contributed by atoms with Gasteiger partial charge in [-0.05, 0) is 48.2 Å². The maximum Gasteiger partial charge on any atom is 0.435 e. The van der Waals surface area contributed by atoms with E-state index in [-0.39, 0.29) is 12.2 Å². The number of hydrogen-bond donors (Lipinski definition) is 1. The summed E-state index contributed by atoms with van der Waals surface area (Å²) in [4.78, 5) is 12.4. The molecule has 160 valence electrons. The fourth-order valence-electron chi connectivity index (χ4n) is 3.32. The minimum Gasteiger partial charge on any atom is -0.351 e. The molecule has 0 saturated heterocycles. The zero-order valence-electron chi connectivity index (χ0n) is 16.1. The Morgan fingerprint density at radius 3 is 2.52 bits per heavy atom. The van der Waals surface area contributed by atoms with Crippen molar-refractivity contribution in [2.45, 2.75) is 19.1 Å². The number of aryl methyl sites for hydroxylation is 1. The number of rotatable bonds is 6. The third-order valence-electron chi connectivity index (χ3n) is 4.77. The molecular weight excluding hydrogens is 414 g/mol. The van der Waals surface area contributed by atoms with Crippen LogP contribution in [0.25, 0.3) is 16.6 Å². The van der Waals surface area contributed by atoms with Crippen LogP contribution < -0.4 is 5.32 Å². The number of benzene rings is 2. The first kappa shape index (κ1) is 20.6. The molecule has 0 fully saturated rings. The van der Waals surface area contributed by atoms with E-state index in [4.69, 9.17) is 0 Å². The van der Waals surface area contributed by atoms with E-state index in [0.29, 0.717) is 17.6 Å². The molecule has 0 spiro atoms. The van der Waals surface area contributed by atoms with Crippen LogP contribution in [0.2, 0.25) is 0 Å². The second-order valence-electron chi connectivity index (χ2n) is 6.85. The lowest BCUT2D eigenvalue weighted by atomic mass is 10.2. The van der Waals surface area contributed by atoms with Crippen LogP contribution in [0.4, 0.5) is 17.6 Å². The summed E-state index contributed by atoms with van der Waals surface area (Å²) in [6, 6.07) is 14.0. The maximum absolute atomic E-state index is 13.6. The maximum atomic E-state index is 13.6. The Morgan fingerprint density at radius 2 is 1.77 bits per heavy atom. The predicted octanol–water partition coefficient (Wildman–Crippen LogP) is 4.20. The van der Waals surface area contributed by atoms with Crippen LogP contribution in [0.1, 0.15) is 22.6 Å². The number of amides is 1. The second-order valence-corrected chi connectivity index (χ2v) is 6.85. The monoisotopic (exact) mass is 431 g/mol. The number of hydrogen-bond acceptors (Lipinski definition) is 3. The van der Waals surface area contributed by atoms with E-state index in [2.05, 4.69) is 15.6 Å². The summed E-state index contributed by atoms with van der Waals surface area (Å²) in [5, 5.41) is 10.4. The topological polar surface area (TPSA) is 64.7 Å². The zero-order chi connectivity index (χ0) is 22.0. The highest BCUT2D eigenvalue weighted by molar-refractivity contribution is 5.93. The number of fused-ring (bicyclic) bond motifs is 1. The van der Waals surface area contributed by atoms with Crippen molar-refractivity contribution < 1.29 is 22.4 Å². The van der Waals surface area contributed by atoms with Gasteiger partial charge in [0.25, 0.3) is 5.91 Å². The molecule has 0 saturated carbocycles. The van der Waals surface area contributed by atoms with E-state index >= 15 is 0 Å². The number of nitrogens with zero attached hydrogens (tertiary/aromatic N) is 4. The van der Waals surface area contributed by atoms with Gasteiger partial charge in [-0.2, -0.15) is 13.2 Å². The van der Waals surface area contributed by atoms with Crippen molar-refractivity contribution in [1.29, 1.82) is 0 Å². The van der Waals surface area contributed by atoms with Gasteiger partial charge in [0, 0.05) is 24.8 Å². The van der Waals surface area contributed by atoms with Gasteiger partial charge in [-0.3, -0.25) is 4.79 Å². The largest absolute Gasteiger partial charge is 0.435 e. The van der Waals surface area contributed by atoms with Crippen molar-refractivity contribution in [2.24, 2.45) is 0 Å². The molecule has 2 aromatic carbocycles. The molecule has 4 aromatic rings. The molecule has 0 atom stereocenters. The van der Waals surface area contributed by atoms with Gasteiger partial charge in [0.05, 0.1) is 5.69 Å². The first-order valence-corrected chi connectivity index (χ1v) is 9.45. The van der Waals surface area contributed by atoms with Crippen molar-refractivity contribution in [2.75, 3.05) is 6.54 Å². The molecule has 4 rings (SSSR count). The van der Waals surface area contributed by atoms with E-state index in [9.17, 15) is 22.4 Å². The Labute approximate surface area is 174 Å². The molecule has 0 radical (unpaired) electrons. The van der Waals surface area contributed by atoms with Gasteiger partial charge in [-0.15, -0.1) is 5.10 Å². The number of para-hydroxylation sites is 1. The second kappa shape index (κ2) is 8.21. The molecule has 0 aliphatic rings. The highest BCUT2D eigenvalue weighted by Crippen LogP contribution is 2.32. The summed E-state index contributed by atoms with van der Waals surface area (Å²) in [7, 11) is 0. The fourth-order valence-corrected chi connectivity index (χ4v) is 3.32. The van der Waals surface area contributed by atoms with Crippen LogP contribution >= 0.6 is 0 Å². The number of nitrogens with one attached hydrogen (secondary N) is 1. The highest BCUT2D eigenvalue weighted by Gasteiger charge is 2.41. The van der Waals surface area contributed by atoms with E-state index in [0.717, 1.165) is 35.2 Å². The van der Waals surface area contributed by atoms with Gasteiger partial charge in [0.2, 0.25) is 0 Å². The van der Waals surface area contributed by atoms with Gasteiger partial charge in [-0.1, -0.05) is 23.4 Å². The smallest absolute Gasteiger partial charge is 0.351 e. The molecule has 0 unspecified atom stereocenters. The Hall–Kier alpha value is -3.69. The van der Waals surface area contributed by atoms with E-state index in [1.165, 1.54) is 0 Å². The Bertz CT molecular complexity index is 1210. The molecule has 1 amide bonds. The average Bonchev–Trinajstić information content (AvgIpc) is 3.36. The van der Waals surface area contributed by atoms with Gasteiger partial charge >= 0.3 is 6.18 Å². The standard InChI is InChI=1S/C21H17F4N5O/c22-15-6-8-16(9-7-15)30-19(21(23,24)25)18(27-28-30)20(31)26-11-3-12-29-13-10-14-4-1-2-5-17(14)29/h1-2,4-10,13H,3,11-12H2,(H,26,31). The summed E-state index contributed by atoms with van der Waals surface area (Å²) >= 11 is 0. The number of alkyl halides is 3. The first-order valence-electron chi connectivity index (χ1n) is 9.45. The summed E-state index contributed by atoms with van der Waals surface area (Å²) in [6.45, 7) is 0.744. The van der Waals surface area contributed by atoms with Crippen molar-refractivity contribution >= 4 is 16.8 Å². The lowest BCUT2D eigenvalue weighted by Gasteiger charge is -2.11. The summed E-state index contributed by atoms with van der Waals surface area (Å²) < 4.78 is 56.5. The molecule has 10 heteroatoms. The molecule has 0 aliphatic heterocycles. The average molecular weight is 431 g/mol. The normalized spacial score (nSPS) is 11.7. The molecule has 0 bridgehead atoms. The van der Waals surface area contributed by atoms with Crippen molar-refractivity contribution in [3.05, 3.63) is 78.0 Å². The van der Waals surface area contributed by atoms with E-state index in [1.54, 1.807) is 0 Å². The van der Waals surface area contributed by atoms with Crippen molar-refractivity contribution in [3.63, 3.8) is 0 Å². The van der Waals surface area contributed by atoms with Gasteiger partial charge in [0.15, 0.2) is 11.4 Å². The van der Waals surface area contributed by atoms with Crippen LogP contribution in [0.3, 0.4) is 0 Å². The Kier molecular flexibility index (Phi) is 5.45. The van der Waals surface area contributed by atoms with E-state index in [1.807, 2.05) is 41.1 Å². The summed E-state index contributed by atoms with van der Waals surface area (Å²) in [6.07, 6.45) is -2.45. The minimum absolute atomic E-state index is 0.0558. The van der Waals surface area contributed by atoms with Crippen LogP contribution in [0.5, 0.6) is 0 Å². The predicted molar refractivity (Wildman–Crippen MR) is 105 cm³/mol. The van der Waals surface area contributed by atoms with Crippen LogP contribution in [0, 0.1) is 5.82 Å². The molecular formula is C21H17F4N5O. The lowest BCUT2D eigenvalue weighted by molar-refractivity contribution is -0.143. The first-order chi connectivity index (χ1) is 14.8. The SMILES string of the molecule is O=C(NCCCn1ccc2ccccc21)c1nnn(-c2ccc(F)cc2)c1C(F)(F)F. The number of halogens is 4. The summed E-state index contributed by atoms with van der Waals surface area (Å²) in [5.74, 6) is -1.58. The summed E-state index contributed by atoms with van der Waals surface area (Å²) in [5.41, 5.74) is -1.16. The zero-order valence-corrected chi connectivity index (χ0v) is 16.1. The quantitative estimate of drug-likeness (QED) is 0.368. The fraction of sp³-hybridized carbons (Fsp3) is 0.190. The van der Waals surface area contributed by atoms with Crippen LogP contribution in [-0.2, 0) is 12.7 Å². The van der Waals surface area contributed by atoms with Crippen LogP contribution in [-0.4, -0.2) is 32.0 Å². The van der Waals surface area contributed by atoms with Crippen molar-refractivity contribution in [1.82, 2.24) is 24.9 Å². The molecule has 31 heavy (non-hydrogen) atoms. The third-order valence-corrected chi connectivity index (χ3v) is 4.77. The molecule has 6 nitrogen and oxygen atoms in total. The minimum atomic E-state index is -4.88. The number of aromatic nitrogens is 4. The van der Waals surface area contributed by atoms with Crippen molar-refractivity contribution in [3.8, 4) is 5.69 Å². The molecule has 0 aliphatic carbocycles. The lowest BCUT2D eigenvalue weighted by Crippen LogP contribution is -2.28. The van der Waals surface area contributed by atoms with E-state index < -0.39 is 29.3 Å². The van der Waals surface area contributed by atoms with Crippen LogP contribution in [0.15, 0.2) is 60.8 Å². The highest BCUT2D eigenvalue weighted by atomic mass is 19.4. The Balaban J connectivity index is 1.46. The van der Waals surface area contributed by atoms with Gasteiger partial charge in [0.1, 0.15) is 5.82 Å². The molecule has 2 heterocycles.